The molecule has 2 heterocycles. The molecule has 2 aliphatic carbocycles. The van der Waals surface area contributed by atoms with Gasteiger partial charge < -0.3 is 5.32 Å². The molecule has 0 spiro atoms. The van der Waals surface area contributed by atoms with E-state index in [-0.39, 0.29) is 5.56 Å². The minimum absolute atomic E-state index is 0.113. The largest absolute Gasteiger partial charge is 0.313 e. The Bertz CT molecular complexity index is 1030. The molecule has 0 aliphatic heterocycles. The third-order valence-corrected chi connectivity index (χ3v) is 7.06. The van der Waals surface area contributed by atoms with Crippen molar-refractivity contribution in [2.24, 2.45) is 5.92 Å². The van der Waals surface area contributed by atoms with Gasteiger partial charge in [0.15, 0.2) is 0 Å². The monoisotopic (exact) mass is 379 g/mol. The third-order valence-electron chi connectivity index (χ3n) is 5.90. The van der Waals surface area contributed by atoms with Gasteiger partial charge in [0.05, 0.1) is 18.3 Å². The molecule has 1 saturated carbocycles. The Morgan fingerprint density at radius 3 is 2.81 bits per heavy atom. The van der Waals surface area contributed by atoms with Crippen molar-refractivity contribution in [1.29, 1.82) is 0 Å². The van der Waals surface area contributed by atoms with Crippen molar-refractivity contribution in [3.05, 3.63) is 62.5 Å². The highest BCUT2D eigenvalue weighted by Crippen LogP contribution is 2.34. The van der Waals surface area contributed by atoms with Gasteiger partial charge in [0.2, 0.25) is 0 Å². The summed E-state index contributed by atoms with van der Waals surface area (Å²) in [4.78, 5) is 20.1. The normalized spacial score (nSPS) is 19.4. The predicted octanol–water partition coefficient (Wildman–Crippen LogP) is 3.67. The summed E-state index contributed by atoms with van der Waals surface area (Å²) < 4.78 is 1.76. The van der Waals surface area contributed by atoms with Crippen molar-refractivity contribution in [2.75, 3.05) is 6.54 Å². The first-order valence-corrected chi connectivity index (χ1v) is 10.8. The summed E-state index contributed by atoms with van der Waals surface area (Å²) in [7, 11) is 0. The molecule has 2 aromatic heterocycles. The van der Waals surface area contributed by atoms with E-state index in [9.17, 15) is 4.79 Å². The molecule has 0 radical (unpaired) electrons. The highest BCUT2D eigenvalue weighted by atomic mass is 32.1. The zero-order valence-electron chi connectivity index (χ0n) is 15.7. The summed E-state index contributed by atoms with van der Waals surface area (Å²) in [6.07, 6.45) is 7.65. The van der Waals surface area contributed by atoms with Crippen molar-refractivity contribution >= 4 is 21.6 Å². The SMILES string of the molecule is Cc1ccc(Cn2cnc3sc4c(c3c2=O)CC[C@H](NCC2CC2)C4)cc1. The second-order valence-electron chi connectivity index (χ2n) is 8.14. The fourth-order valence-electron chi connectivity index (χ4n) is 4.03. The molecule has 4 nitrogen and oxygen atoms in total. The summed E-state index contributed by atoms with van der Waals surface area (Å²) in [5.74, 6) is 0.907. The Hall–Kier alpha value is -1.98. The maximum atomic E-state index is 13.2. The van der Waals surface area contributed by atoms with E-state index in [0.717, 1.165) is 47.5 Å². The smallest absolute Gasteiger partial charge is 0.262 e. The molecule has 140 valence electrons. The minimum atomic E-state index is 0.113. The maximum Gasteiger partial charge on any atom is 0.262 e. The van der Waals surface area contributed by atoms with Crippen molar-refractivity contribution in [1.82, 2.24) is 14.9 Å². The summed E-state index contributed by atoms with van der Waals surface area (Å²) in [6, 6.07) is 8.92. The van der Waals surface area contributed by atoms with Crippen molar-refractivity contribution < 1.29 is 0 Å². The zero-order chi connectivity index (χ0) is 18.4. The minimum Gasteiger partial charge on any atom is -0.313 e. The van der Waals surface area contributed by atoms with Gasteiger partial charge in [-0.3, -0.25) is 9.36 Å². The van der Waals surface area contributed by atoms with E-state index >= 15 is 0 Å². The second-order valence-corrected chi connectivity index (χ2v) is 9.22. The molecule has 5 rings (SSSR count). The average molecular weight is 380 g/mol. The van der Waals surface area contributed by atoms with Crippen LogP contribution in [0.4, 0.5) is 0 Å². The van der Waals surface area contributed by atoms with E-state index in [4.69, 9.17) is 0 Å². The average Bonchev–Trinajstić information content (AvgIpc) is 3.43. The molecule has 1 fully saturated rings. The molecule has 1 atom stereocenters. The number of aromatic nitrogens is 2. The Balaban J connectivity index is 1.42. The van der Waals surface area contributed by atoms with Crippen molar-refractivity contribution in [2.45, 2.75) is 51.6 Å². The summed E-state index contributed by atoms with van der Waals surface area (Å²) in [6.45, 7) is 3.82. The van der Waals surface area contributed by atoms with E-state index in [1.165, 1.54) is 28.8 Å². The van der Waals surface area contributed by atoms with Crippen LogP contribution in [-0.2, 0) is 19.4 Å². The van der Waals surface area contributed by atoms with Crippen LogP contribution in [0.5, 0.6) is 0 Å². The molecule has 0 unspecified atom stereocenters. The second kappa shape index (κ2) is 6.88. The van der Waals surface area contributed by atoms with E-state index < -0.39 is 0 Å². The zero-order valence-corrected chi connectivity index (χ0v) is 16.5. The lowest BCUT2D eigenvalue weighted by Crippen LogP contribution is -2.35. The maximum absolute atomic E-state index is 13.2. The van der Waals surface area contributed by atoms with Crippen LogP contribution in [0.3, 0.4) is 0 Å². The summed E-state index contributed by atoms with van der Waals surface area (Å²) >= 11 is 1.72. The van der Waals surface area contributed by atoms with E-state index in [0.29, 0.717) is 12.6 Å². The Kier molecular flexibility index (Phi) is 4.37. The number of hydrogen-bond donors (Lipinski definition) is 1. The van der Waals surface area contributed by atoms with Gasteiger partial charge in [-0.1, -0.05) is 29.8 Å². The van der Waals surface area contributed by atoms with Gasteiger partial charge in [-0.15, -0.1) is 11.3 Å². The lowest BCUT2D eigenvalue weighted by Gasteiger charge is -2.23. The number of rotatable bonds is 5. The van der Waals surface area contributed by atoms with Crippen LogP contribution in [0, 0.1) is 12.8 Å². The van der Waals surface area contributed by atoms with Gasteiger partial charge in [-0.05, 0) is 62.6 Å². The molecule has 27 heavy (non-hydrogen) atoms. The number of nitrogens with one attached hydrogen (secondary N) is 1. The molecular weight excluding hydrogens is 354 g/mol. The van der Waals surface area contributed by atoms with Crippen LogP contribution in [0.2, 0.25) is 0 Å². The topological polar surface area (TPSA) is 46.9 Å². The van der Waals surface area contributed by atoms with Crippen LogP contribution >= 0.6 is 11.3 Å². The first-order chi connectivity index (χ1) is 13.2. The molecule has 5 heteroatoms. The standard InChI is InChI=1S/C22H25N3OS/c1-14-2-4-16(5-3-14)12-25-13-24-21-20(22(25)26)18-9-8-17(10-19(18)27-21)23-11-15-6-7-15/h2-5,13,15,17,23H,6-12H2,1H3/t17-/m0/s1. The van der Waals surface area contributed by atoms with Gasteiger partial charge in [0.1, 0.15) is 4.83 Å². The lowest BCUT2D eigenvalue weighted by atomic mass is 9.93. The van der Waals surface area contributed by atoms with Crippen LogP contribution in [0.25, 0.3) is 10.2 Å². The molecule has 1 aromatic carbocycles. The molecule has 0 amide bonds. The van der Waals surface area contributed by atoms with Gasteiger partial charge in [0.25, 0.3) is 5.56 Å². The third kappa shape index (κ3) is 3.46. The first-order valence-electron chi connectivity index (χ1n) is 9.96. The van der Waals surface area contributed by atoms with E-state index in [2.05, 4.69) is 41.5 Å². The molecule has 1 N–H and O–H groups in total. The molecular formula is C22H25N3OS. The van der Waals surface area contributed by atoms with Crippen LogP contribution in [-0.4, -0.2) is 22.1 Å². The number of thiophene rings is 1. The quantitative estimate of drug-likeness (QED) is 0.736. The summed E-state index contributed by atoms with van der Waals surface area (Å²) in [5, 5.41) is 4.60. The van der Waals surface area contributed by atoms with E-state index in [1.54, 1.807) is 22.2 Å². The molecule has 0 bridgehead atoms. The van der Waals surface area contributed by atoms with Gasteiger partial charge in [-0.2, -0.15) is 0 Å². The first kappa shape index (κ1) is 17.1. The van der Waals surface area contributed by atoms with Crippen molar-refractivity contribution in [3.63, 3.8) is 0 Å². The predicted molar refractivity (Wildman–Crippen MR) is 111 cm³/mol. The van der Waals surface area contributed by atoms with Crippen LogP contribution < -0.4 is 10.9 Å². The molecule has 2 aliphatic rings. The Morgan fingerprint density at radius 1 is 1.22 bits per heavy atom. The summed E-state index contributed by atoms with van der Waals surface area (Å²) in [5.41, 5.74) is 3.74. The highest BCUT2D eigenvalue weighted by molar-refractivity contribution is 7.18. The number of fused-ring (bicyclic) bond motifs is 3. The fourth-order valence-corrected chi connectivity index (χ4v) is 5.29. The lowest BCUT2D eigenvalue weighted by molar-refractivity contribution is 0.453. The Labute approximate surface area is 163 Å². The molecule has 3 aromatic rings. The number of aryl methyl sites for hydroxylation is 2. The molecule has 0 saturated heterocycles. The number of benzene rings is 1. The highest BCUT2D eigenvalue weighted by Gasteiger charge is 2.27. The van der Waals surface area contributed by atoms with E-state index in [1.807, 2.05) is 0 Å². The van der Waals surface area contributed by atoms with Gasteiger partial charge >= 0.3 is 0 Å². The van der Waals surface area contributed by atoms with Crippen LogP contribution in [0.15, 0.2) is 35.4 Å². The van der Waals surface area contributed by atoms with Gasteiger partial charge in [-0.25, -0.2) is 4.98 Å². The van der Waals surface area contributed by atoms with Crippen molar-refractivity contribution in [3.8, 4) is 0 Å². The number of nitrogens with zero attached hydrogens (tertiary/aromatic N) is 2. The van der Waals surface area contributed by atoms with Crippen LogP contribution in [0.1, 0.15) is 40.8 Å². The fraction of sp³-hybridized carbons (Fsp3) is 0.455. The Morgan fingerprint density at radius 2 is 2.04 bits per heavy atom. The van der Waals surface area contributed by atoms with Gasteiger partial charge in [0, 0.05) is 10.9 Å². The number of hydrogen-bond acceptors (Lipinski definition) is 4.